The molecule has 0 bridgehead atoms. The van der Waals surface area contributed by atoms with Gasteiger partial charge in [-0.3, -0.25) is 4.79 Å². The first-order valence-corrected chi connectivity index (χ1v) is 9.29. The lowest BCUT2D eigenvalue weighted by Crippen LogP contribution is -2.25. The summed E-state index contributed by atoms with van der Waals surface area (Å²) in [5.41, 5.74) is 2.08. The Labute approximate surface area is 164 Å². The smallest absolute Gasteiger partial charge is 0.251 e. The van der Waals surface area contributed by atoms with Crippen molar-refractivity contribution < 1.29 is 14.3 Å². The van der Waals surface area contributed by atoms with Crippen LogP contribution in [-0.4, -0.2) is 35.9 Å². The molecule has 0 unspecified atom stereocenters. The summed E-state index contributed by atoms with van der Waals surface area (Å²) < 4.78 is 10.9. The Morgan fingerprint density at radius 2 is 1.86 bits per heavy atom. The van der Waals surface area contributed by atoms with Gasteiger partial charge in [0, 0.05) is 37.0 Å². The fourth-order valence-corrected chi connectivity index (χ4v) is 2.58. The van der Waals surface area contributed by atoms with Gasteiger partial charge in [0.1, 0.15) is 5.75 Å². The van der Waals surface area contributed by atoms with Crippen molar-refractivity contribution >= 4 is 5.91 Å². The van der Waals surface area contributed by atoms with Crippen LogP contribution in [0.15, 0.2) is 66.7 Å². The van der Waals surface area contributed by atoms with Crippen molar-refractivity contribution in [3.63, 3.8) is 0 Å². The van der Waals surface area contributed by atoms with Crippen molar-refractivity contribution in [3.8, 4) is 22.9 Å². The van der Waals surface area contributed by atoms with E-state index >= 15 is 0 Å². The molecule has 0 aliphatic heterocycles. The molecule has 0 aliphatic carbocycles. The molecule has 0 spiro atoms. The SMILES string of the molecule is CCOCCCNC(=O)c1cccc(-c2ccc(Oc3ccccc3)nn2)c1. The van der Waals surface area contributed by atoms with Crippen molar-refractivity contribution in [1.82, 2.24) is 15.5 Å². The molecule has 2 aromatic carbocycles. The predicted molar refractivity (Wildman–Crippen MR) is 107 cm³/mol. The number of amides is 1. The number of carbonyl (C=O) groups excluding carboxylic acids is 1. The lowest BCUT2D eigenvalue weighted by atomic mass is 10.1. The maximum atomic E-state index is 12.3. The second kappa shape index (κ2) is 10.2. The molecular weight excluding hydrogens is 354 g/mol. The van der Waals surface area contributed by atoms with Crippen molar-refractivity contribution in [3.05, 3.63) is 72.3 Å². The zero-order chi connectivity index (χ0) is 19.6. The molecule has 28 heavy (non-hydrogen) atoms. The Bertz CT molecular complexity index is 883. The van der Waals surface area contributed by atoms with E-state index in [0.717, 1.165) is 12.0 Å². The van der Waals surface area contributed by atoms with Crippen LogP contribution in [0.4, 0.5) is 0 Å². The third-order valence-corrected chi connectivity index (χ3v) is 3.98. The number of aromatic nitrogens is 2. The van der Waals surface area contributed by atoms with Gasteiger partial charge in [-0.15, -0.1) is 10.2 Å². The van der Waals surface area contributed by atoms with Gasteiger partial charge in [0.15, 0.2) is 0 Å². The predicted octanol–water partition coefficient (Wildman–Crippen LogP) is 4.09. The van der Waals surface area contributed by atoms with E-state index in [1.165, 1.54) is 0 Å². The number of para-hydroxylation sites is 1. The molecule has 144 valence electrons. The summed E-state index contributed by atoms with van der Waals surface area (Å²) in [7, 11) is 0. The first-order valence-electron chi connectivity index (χ1n) is 9.29. The van der Waals surface area contributed by atoms with Crippen LogP contribution in [0.1, 0.15) is 23.7 Å². The molecule has 6 nitrogen and oxygen atoms in total. The Morgan fingerprint density at radius 3 is 2.61 bits per heavy atom. The minimum Gasteiger partial charge on any atom is -0.438 e. The quantitative estimate of drug-likeness (QED) is 0.569. The largest absolute Gasteiger partial charge is 0.438 e. The lowest BCUT2D eigenvalue weighted by Gasteiger charge is -2.08. The topological polar surface area (TPSA) is 73.3 Å². The van der Waals surface area contributed by atoms with Crippen molar-refractivity contribution in [2.45, 2.75) is 13.3 Å². The normalized spacial score (nSPS) is 10.5. The van der Waals surface area contributed by atoms with E-state index in [4.69, 9.17) is 9.47 Å². The number of hydrogen-bond acceptors (Lipinski definition) is 5. The van der Waals surface area contributed by atoms with Gasteiger partial charge in [0.2, 0.25) is 5.88 Å². The fourth-order valence-electron chi connectivity index (χ4n) is 2.58. The standard InChI is InChI=1S/C22H23N3O3/c1-2-27-15-7-14-23-22(26)18-9-6-8-17(16-18)20-12-13-21(25-24-20)28-19-10-4-3-5-11-19/h3-6,8-13,16H,2,7,14-15H2,1H3,(H,23,26). The molecule has 0 atom stereocenters. The van der Waals surface area contributed by atoms with E-state index in [1.54, 1.807) is 18.2 Å². The first-order chi connectivity index (χ1) is 13.8. The van der Waals surface area contributed by atoms with Gasteiger partial charge in [0.25, 0.3) is 5.91 Å². The summed E-state index contributed by atoms with van der Waals surface area (Å²) in [6.45, 7) is 3.86. The van der Waals surface area contributed by atoms with Crippen molar-refractivity contribution in [2.24, 2.45) is 0 Å². The molecule has 1 aromatic heterocycles. The Balaban J connectivity index is 1.62. The minimum absolute atomic E-state index is 0.115. The molecule has 0 fully saturated rings. The average molecular weight is 377 g/mol. The molecule has 1 amide bonds. The van der Waals surface area contributed by atoms with E-state index < -0.39 is 0 Å². The van der Waals surface area contributed by atoms with Gasteiger partial charge >= 0.3 is 0 Å². The van der Waals surface area contributed by atoms with Gasteiger partial charge in [-0.2, -0.15) is 0 Å². The van der Waals surface area contributed by atoms with E-state index in [9.17, 15) is 4.79 Å². The van der Waals surface area contributed by atoms with Crippen LogP contribution in [-0.2, 0) is 4.74 Å². The van der Waals surface area contributed by atoms with Crippen LogP contribution in [0.5, 0.6) is 11.6 Å². The number of carbonyl (C=O) groups is 1. The second-order valence-electron chi connectivity index (χ2n) is 6.06. The summed E-state index contributed by atoms with van der Waals surface area (Å²) in [6.07, 6.45) is 0.785. The molecule has 0 saturated heterocycles. The van der Waals surface area contributed by atoms with Gasteiger partial charge in [-0.05, 0) is 43.7 Å². The second-order valence-corrected chi connectivity index (χ2v) is 6.06. The summed E-state index contributed by atoms with van der Waals surface area (Å²) in [6, 6.07) is 20.3. The van der Waals surface area contributed by atoms with Crippen molar-refractivity contribution in [2.75, 3.05) is 19.8 Å². The summed E-state index contributed by atoms with van der Waals surface area (Å²) in [5.74, 6) is 1.00. The highest BCUT2D eigenvalue weighted by atomic mass is 16.5. The summed E-state index contributed by atoms with van der Waals surface area (Å²) in [4.78, 5) is 12.3. The number of ether oxygens (including phenoxy) is 2. The molecular formula is C22H23N3O3. The fraction of sp³-hybridized carbons (Fsp3) is 0.227. The van der Waals surface area contributed by atoms with Crippen LogP contribution < -0.4 is 10.1 Å². The third-order valence-electron chi connectivity index (χ3n) is 3.98. The molecule has 3 rings (SSSR count). The number of nitrogens with one attached hydrogen (secondary N) is 1. The Morgan fingerprint density at radius 1 is 1.00 bits per heavy atom. The first kappa shape index (κ1) is 19.5. The molecule has 0 radical (unpaired) electrons. The molecule has 0 saturated carbocycles. The molecule has 1 heterocycles. The molecule has 3 aromatic rings. The Kier molecular flexibility index (Phi) is 7.09. The van der Waals surface area contributed by atoms with E-state index in [1.807, 2.05) is 55.5 Å². The molecule has 1 N–H and O–H groups in total. The van der Waals surface area contributed by atoms with Crippen molar-refractivity contribution in [1.29, 1.82) is 0 Å². The Hall–Kier alpha value is -3.25. The van der Waals surface area contributed by atoms with E-state index in [-0.39, 0.29) is 5.91 Å². The zero-order valence-corrected chi connectivity index (χ0v) is 15.8. The maximum Gasteiger partial charge on any atom is 0.251 e. The summed E-state index contributed by atoms with van der Waals surface area (Å²) >= 11 is 0. The lowest BCUT2D eigenvalue weighted by molar-refractivity contribution is 0.0944. The number of rotatable bonds is 9. The highest BCUT2D eigenvalue weighted by Crippen LogP contribution is 2.22. The van der Waals surface area contributed by atoms with E-state index in [2.05, 4.69) is 15.5 Å². The van der Waals surface area contributed by atoms with Crippen LogP contribution in [0.3, 0.4) is 0 Å². The monoisotopic (exact) mass is 377 g/mol. The van der Waals surface area contributed by atoms with E-state index in [0.29, 0.717) is 42.6 Å². The highest BCUT2D eigenvalue weighted by Gasteiger charge is 2.08. The van der Waals surface area contributed by atoms with Gasteiger partial charge in [-0.1, -0.05) is 30.3 Å². The number of hydrogen-bond donors (Lipinski definition) is 1. The average Bonchev–Trinajstić information content (AvgIpc) is 2.75. The van der Waals surface area contributed by atoms with Gasteiger partial charge in [-0.25, -0.2) is 0 Å². The number of benzene rings is 2. The van der Waals surface area contributed by atoms with Gasteiger partial charge in [0.05, 0.1) is 5.69 Å². The highest BCUT2D eigenvalue weighted by molar-refractivity contribution is 5.95. The van der Waals surface area contributed by atoms with Crippen LogP contribution in [0, 0.1) is 0 Å². The zero-order valence-electron chi connectivity index (χ0n) is 15.8. The summed E-state index contributed by atoms with van der Waals surface area (Å²) in [5, 5.41) is 11.2. The van der Waals surface area contributed by atoms with Crippen LogP contribution in [0.2, 0.25) is 0 Å². The molecule has 6 heteroatoms. The number of nitrogens with zero attached hydrogens (tertiary/aromatic N) is 2. The minimum atomic E-state index is -0.115. The maximum absolute atomic E-state index is 12.3. The van der Waals surface area contributed by atoms with Gasteiger partial charge < -0.3 is 14.8 Å². The van der Waals surface area contributed by atoms with Crippen LogP contribution >= 0.6 is 0 Å². The molecule has 0 aliphatic rings. The third kappa shape index (κ3) is 5.62. The van der Waals surface area contributed by atoms with Crippen LogP contribution in [0.25, 0.3) is 11.3 Å².